The van der Waals surface area contributed by atoms with Crippen LogP contribution in [0.15, 0.2) is 17.8 Å². The third-order valence-electron chi connectivity index (χ3n) is 2.47. The summed E-state index contributed by atoms with van der Waals surface area (Å²) in [5, 5.41) is 11.8. The first kappa shape index (κ1) is 11.6. The highest BCUT2D eigenvalue weighted by molar-refractivity contribution is 7.15. The van der Waals surface area contributed by atoms with E-state index in [0.29, 0.717) is 13.0 Å². The number of hydrogen-bond donors (Lipinski definition) is 1. The lowest BCUT2D eigenvalue weighted by molar-refractivity contribution is 0.134. The fourth-order valence-electron chi connectivity index (χ4n) is 1.68. The first-order valence-electron chi connectivity index (χ1n) is 5.37. The van der Waals surface area contributed by atoms with Crippen molar-refractivity contribution in [3.63, 3.8) is 0 Å². The van der Waals surface area contributed by atoms with Crippen molar-refractivity contribution >= 4 is 16.3 Å². The van der Waals surface area contributed by atoms with Crippen molar-refractivity contribution in [3.8, 4) is 0 Å². The van der Waals surface area contributed by atoms with Crippen molar-refractivity contribution in [2.24, 2.45) is 0 Å². The van der Waals surface area contributed by atoms with Crippen molar-refractivity contribution in [1.29, 1.82) is 0 Å². The Morgan fingerprint density at radius 3 is 3.25 bits per heavy atom. The maximum absolute atomic E-state index is 9.79. The van der Waals surface area contributed by atoms with Gasteiger partial charge >= 0.3 is 0 Å². The molecule has 1 unspecified atom stereocenters. The van der Waals surface area contributed by atoms with Gasteiger partial charge < -0.3 is 9.84 Å². The normalized spacial score (nSPS) is 13.4. The first-order chi connectivity index (χ1) is 7.79. The highest BCUT2D eigenvalue weighted by atomic mass is 32.1. The molecule has 2 rings (SSSR count). The minimum atomic E-state index is -0.320. The highest BCUT2D eigenvalue weighted by Gasteiger charge is 2.09. The Bertz CT molecular complexity index is 409. The SMILES string of the molecule is COCCCC(O)Cc1cn2ccsc2n1. The van der Waals surface area contributed by atoms with E-state index in [1.165, 1.54) is 0 Å². The number of aromatic nitrogens is 2. The quantitative estimate of drug-likeness (QED) is 0.782. The molecule has 2 heterocycles. The van der Waals surface area contributed by atoms with E-state index in [0.717, 1.165) is 23.5 Å². The molecule has 2 aromatic heterocycles. The zero-order valence-electron chi connectivity index (χ0n) is 9.30. The highest BCUT2D eigenvalue weighted by Crippen LogP contribution is 2.13. The third-order valence-corrected chi connectivity index (χ3v) is 3.24. The van der Waals surface area contributed by atoms with Crippen LogP contribution in [0.4, 0.5) is 0 Å². The van der Waals surface area contributed by atoms with E-state index in [-0.39, 0.29) is 6.10 Å². The molecule has 2 aromatic rings. The summed E-state index contributed by atoms with van der Waals surface area (Å²) in [6.45, 7) is 0.704. The Labute approximate surface area is 98.5 Å². The standard InChI is InChI=1S/C11H16N2O2S/c1-15-5-2-3-10(14)7-9-8-13-4-6-16-11(13)12-9/h4,6,8,10,14H,2-3,5,7H2,1H3. The maximum atomic E-state index is 9.79. The zero-order chi connectivity index (χ0) is 11.4. The van der Waals surface area contributed by atoms with Crippen LogP contribution in [0.25, 0.3) is 4.96 Å². The molecule has 0 bridgehead atoms. The molecule has 88 valence electrons. The molecule has 1 N–H and O–H groups in total. The number of aliphatic hydroxyl groups excluding tert-OH is 1. The Hall–Kier alpha value is -0.910. The molecule has 0 aromatic carbocycles. The fourth-order valence-corrected chi connectivity index (χ4v) is 2.40. The molecule has 4 nitrogen and oxygen atoms in total. The van der Waals surface area contributed by atoms with Gasteiger partial charge in [0.05, 0.1) is 11.8 Å². The van der Waals surface area contributed by atoms with Gasteiger partial charge in [-0.15, -0.1) is 11.3 Å². The van der Waals surface area contributed by atoms with Gasteiger partial charge in [-0.25, -0.2) is 4.98 Å². The number of fused-ring (bicyclic) bond motifs is 1. The van der Waals surface area contributed by atoms with Crippen LogP contribution in [0.1, 0.15) is 18.5 Å². The van der Waals surface area contributed by atoms with E-state index < -0.39 is 0 Å². The van der Waals surface area contributed by atoms with E-state index in [4.69, 9.17) is 4.74 Å². The van der Waals surface area contributed by atoms with Crippen LogP contribution in [0.2, 0.25) is 0 Å². The second-order valence-electron chi connectivity index (χ2n) is 3.82. The maximum Gasteiger partial charge on any atom is 0.193 e. The molecule has 5 heteroatoms. The lowest BCUT2D eigenvalue weighted by Gasteiger charge is -2.07. The van der Waals surface area contributed by atoms with Gasteiger partial charge in [-0.1, -0.05) is 0 Å². The van der Waals surface area contributed by atoms with Crippen LogP contribution in [0.3, 0.4) is 0 Å². The van der Waals surface area contributed by atoms with Gasteiger partial charge in [0, 0.05) is 37.9 Å². The van der Waals surface area contributed by atoms with Crippen LogP contribution >= 0.6 is 11.3 Å². The largest absolute Gasteiger partial charge is 0.393 e. The van der Waals surface area contributed by atoms with Gasteiger partial charge in [0.2, 0.25) is 0 Å². The molecule has 0 spiro atoms. The van der Waals surface area contributed by atoms with Crippen LogP contribution in [0.5, 0.6) is 0 Å². The second kappa shape index (κ2) is 5.43. The molecule has 1 atom stereocenters. The topological polar surface area (TPSA) is 46.8 Å². The summed E-state index contributed by atoms with van der Waals surface area (Å²) in [5.41, 5.74) is 0.955. The van der Waals surface area contributed by atoms with Gasteiger partial charge in [-0.2, -0.15) is 0 Å². The number of rotatable bonds is 6. The molecule has 16 heavy (non-hydrogen) atoms. The molecule has 0 aliphatic heterocycles. The van der Waals surface area contributed by atoms with Gasteiger partial charge in [-0.05, 0) is 12.8 Å². The van der Waals surface area contributed by atoms with Crippen LogP contribution in [-0.2, 0) is 11.2 Å². The molecule has 0 saturated heterocycles. The van der Waals surface area contributed by atoms with Crippen molar-refractivity contribution < 1.29 is 9.84 Å². The van der Waals surface area contributed by atoms with Gasteiger partial charge in [-0.3, -0.25) is 4.40 Å². The molecular weight excluding hydrogens is 224 g/mol. The lowest BCUT2D eigenvalue weighted by atomic mass is 10.1. The molecule has 0 radical (unpaired) electrons. The minimum absolute atomic E-state index is 0.320. The molecule has 0 fully saturated rings. The molecular formula is C11H16N2O2S. The van der Waals surface area contributed by atoms with Crippen LogP contribution in [-0.4, -0.2) is 34.3 Å². The van der Waals surface area contributed by atoms with Gasteiger partial charge in [0.25, 0.3) is 0 Å². The average Bonchev–Trinajstić information content (AvgIpc) is 2.78. The van der Waals surface area contributed by atoms with E-state index in [1.807, 2.05) is 22.2 Å². The van der Waals surface area contributed by atoms with E-state index in [1.54, 1.807) is 18.4 Å². The van der Waals surface area contributed by atoms with Crippen molar-refractivity contribution in [2.75, 3.05) is 13.7 Å². The van der Waals surface area contributed by atoms with Crippen molar-refractivity contribution in [1.82, 2.24) is 9.38 Å². The van der Waals surface area contributed by atoms with Crippen molar-refractivity contribution in [3.05, 3.63) is 23.5 Å². The number of thiazole rings is 1. The summed E-state index contributed by atoms with van der Waals surface area (Å²) < 4.78 is 6.94. The Morgan fingerprint density at radius 1 is 1.62 bits per heavy atom. The van der Waals surface area contributed by atoms with E-state index >= 15 is 0 Å². The third kappa shape index (κ3) is 2.81. The Morgan fingerprint density at radius 2 is 2.50 bits per heavy atom. The van der Waals surface area contributed by atoms with Crippen LogP contribution in [0, 0.1) is 0 Å². The van der Waals surface area contributed by atoms with Gasteiger partial charge in [0.1, 0.15) is 0 Å². The summed E-state index contributed by atoms with van der Waals surface area (Å²) in [7, 11) is 1.68. The predicted octanol–water partition coefficient (Wildman–Crippen LogP) is 1.73. The molecule has 0 aliphatic rings. The van der Waals surface area contributed by atoms with Crippen LogP contribution < -0.4 is 0 Å². The summed E-state index contributed by atoms with van der Waals surface area (Å²) in [6, 6.07) is 0. The summed E-state index contributed by atoms with van der Waals surface area (Å²) >= 11 is 1.61. The number of methoxy groups -OCH3 is 1. The zero-order valence-corrected chi connectivity index (χ0v) is 10.1. The van der Waals surface area contributed by atoms with E-state index in [9.17, 15) is 5.11 Å². The monoisotopic (exact) mass is 240 g/mol. The van der Waals surface area contributed by atoms with Gasteiger partial charge in [0.15, 0.2) is 4.96 Å². The number of hydrogen-bond acceptors (Lipinski definition) is 4. The average molecular weight is 240 g/mol. The second-order valence-corrected chi connectivity index (χ2v) is 4.69. The summed E-state index contributed by atoms with van der Waals surface area (Å²) in [6.07, 6.45) is 5.91. The molecule has 0 saturated carbocycles. The smallest absolute Gasteiger partial charge is 0.193 e. The number of nitrogens with zero attached hydrogens (tertiary/aromatic N) is 2. The summed E-state index contributed by atoms with van der Waals surface area (Å²) in [4.78, 5) is 5.42. The fraction of sp³-hybridized carbons (Fsp3) is 0.545. The lowest BCUT2D eigenvalue weighted by Crippen LogP contribution is -2.11. The number of imidazole rings is 1. The summed E-state index contributed by atoms with van der Waals surface area (Å²) in [5.74, 6) is 0. The number of aliphatic hydroxyl groups is 1. The molecule has 0 aliphatic carbocycles. The van der Waals surface area contributed by atoms with E-state index in [2.05, 4.69) is 4.98 Å². The molecule has 0 amide bonds. The number of ether oxygens (including phenoxy) is 1. The predicted molar refractivity (Wildman–Crippen MR) is 63.9 cm³/mol. The Kier molecular flexibility index (Phi) is 3.93. The Balaban J connectivity index is 1.86. The first-order valence-corrected chi connectivity index (χ1v) is 6.25. The van der Waals surface area contributed by atoms with Crippen molar-refractivity contribution in [2.45, 2.75) is 25.4 Å². The minimum Gasteiger partial charge on any atom is -0.393 e.